The molecule has 0 radical (unpaired) electrons. The van der Waals surface area contributed by atoms with Crippen molar-refractivity contribution < 1.29 is 4.79 Å². The quantitative estimate of drug-likeness (QED) is 0.811. The van der Waals surface area contributed by atoms with Crippen LogP contribution in [-0.4, -0.2) is 60.5 Å². The third kappa shape index (κ3) is 2.79. The number of amides is 1. The maximum Gasteiger partial charge on any atom is 0.227 e. The van der Waals surface area contributed by atoms with Gasteiger partial charge in [0, 0.05) is 25.2 Å². The number of nitrogens with one attached hydrogen (secondary N) is 1. The van der Waals surface area contributed by atoms with E-state index in [-0.39, 0.29) is 5.92 Å². The summed E-state index contributed by atoms with van der Waals surface area (Å²) >= 11 is 0. The number of carbonyl (C=O) groups is 1. The van der Waals surface area contributed by atoms with E-state index in [9.17, 15) is 4.79 Å². The van der Waals surface area contributed by atoms with E-state index in [2.05, 4.69) is 22.0 Å². The van der Waals surface area contributed by atoms with E-state index in [1.54, 1.807) is 0 Å². The normalized spacial score (nSPS) is 36.9. The molecule has 0 aromatic rings. The van der Waals surface area contributed by atoms with E-state index in [4.69, 9.17) is 0 Å². The summed E-state index contributed by atoms with van der Waals surface area (Å²) in [7, 11) is 0. The van der Waals surface area contributed by atoms with Crippen LogP contribution in [0.15, 0.2) is 0 Å². The van der Waals surface area contributed by atoms with Gasteiger partial charge in [-0.2, -0.15) is 0 Å². The fraction of sp³-hybridized carbons (Fsp3) is 0.933. The largest absolute Gasteiger partial charge is 0.341 e. The van der Waals surface area contributed by atoms with E-state index in [1.165, 1.54) is 32.4 Å². The summed E-state index contributed by atoms with van der Waals surface area (Å²) in [6.07, 6.45) is 6.07. The molecule has 4 heteroatoms. The molecule has 3 aliphatic rings. The molecule has 0 spiro atoms. The Kier molecular flexibility index (Phi) is 4.08. The summed E-state index contributed by atoms with van der Waals surface area (Å²) in [5, 5.41) is 3.44. The number of carbonyl (C=O) groups excluding carboxylic acids is 1. The zero-order valence-corrected chi connectivity index (χ0v) is 12.1. The molecule has 19 heavy (non-hydrogen) atoms. The molecule has 3 fully saturated rings. The predicted molar refractivity (Wildman–Crippen MR) is 76.0 cm³/mol. The lowest BCUT2D eigenvalue weighted by Crippen LogP contribution is -2.48. The summed E-state index contributed by atoms with van der Waals surface area (Å²) < 4.78 is 0. The molecule has 0 saturated carbocycles. The van der Waals surface area contributed by atoms with Gasteiger partial charge in [-0.3, -0.25) is 9.69 Å². The van der Waals surface area contributed by atoms with Crippen molar-refractivity contribution in [2.45, 2.75) is 51.1 Å². The maximum absolute atomic E-state index is 12.6. The van der Waals surface area contributed by atoms with Crippen LogP contribution in [-0.2, 0) is 4.79 Å². The monoisotopic (exact) mass is 265 g/mol. The number of hydrogen-bond donors (Lipinski definition) is 1. The Labute approximate surface area is 116 Å². The first-order valence-corrected chi connectivity index (χ1v) is 8.02. The minimum absolute atomic E-state index is 0.214. The first-order chi connectivity index (χ1) is 9.25. The van der Waals surface area contributed by atoms with Gasteiger partial charge in [0.25, 0.3) is 0 Å². The van der Waals surface area contributed by atoms with Gasteiger partial charge < -0.3 is 10.2 Å². The van der Waals surface area contributed by atoms with Crippen LogP contribution >= 0.6 is 0 Å². The highest BCUT2D eigenvalue weighted by atomic mass is 16.2. The Bertz CT molecular complexity index is 327. The summed E-state index contributed by atoms with van der Waals surface area (Å²) in [5.74, 6) is 0.618. The number of likely N-dealkylation sites (tertiary alicyclic amines) is 2. The molecule has 4 nitrogen and oxygen atoms in total. The SMILES string of the molecule is CC1NCCCC1C(=O)N1CCC(N2CCCC2)C1. The van der Waals surface area contributed by atoms with Gasteiger partial charge in [0.15, 0.2) is 0 Å². The molecule has 108 valence electrons. The van der Waals surface area contributed by atoms with Crippen molar-refractivity contribution in [3.05, 3.63) is 0 Å². The van der Waals surface area contributed by atoms with Crippen LogP contribution in [0.2, 0.25) is 0 Å². The van der Waals surface area contributed by atoms with Crippen molar-refractivity contribution in [3.8, 4) is 0 Å². The molecular weight excluding hydrogens is 238 g/mol. The molecular formula is C15H27N3O. The Morgan fingerprint density at radius 2 is 1.89 bits per heavy atom. The van der Waals surface area contributed by atoms with Crippen molar-refractivity contribution >= 4 is 5.91 Å². The zero-order chi connectivity index (χ0) is 13.2. The van der Waals surface area contributed by atoms with Gasteiger partial charge in [-0.1, -0.05) is 0 Å². The average Bonchev–Trinajstić information content (AvgIpc) is 3.09. The average molecular weight is 265 g/mol. The third-order valence-corrected chi connectivity index (χ3v) is 5.21. The zero-order valence-electron chi connectivity index (χ0n) is 12.1. The molecule has 0 aliphatic carbocycles. The van der Waals surface area contributed by atoms with Gasteiger partial charge in [0.05, 0.1) is 5.92 Å². The molecule has 3 rings (SSSR count). The van der Waals surface area contributed by atoms with E-state index in [0.717, 1.165) is 32.5 Å². The standard InChI is InChI=1S/C15H27N3O/c1-12-14(5-4-7-16-12)15(19)18-10-6-13(11-18)17-8-2-3-9-17/h12-14,16H,2-11H2,1H3. The molecule has 0 aromatic carbocycles. The number of piperidine rings is 1. The lowest BCUT2D eigenvalue weighted by atomic mass is 9.91. The smallest absolute Gasteiger partial charge is 0.227 e. The molecule has 3 heterocycles. The van der Waals surface area contributed by atoms with Crippen LogP contribution < -0.4 is 5.32 Å². The lowest BCUT2D eigenvalue weighted by Gasteiger charge is -2.32. The molecule has 3 aliphatic heterocycles. The van der Waals surface area contributed by atoms with Gasteiger partial charge in [0.2, 0.25) is 5.91 Å². The fourth-order valence-corrected chi connectivity index (χ4v) is 3.96. The van der Waals surface area contributed by atoms with Crippen molar-refractivity contribution in [1.29, 1.82) is 0 Å². The second-order valence-electron chi connectivity index (χ2n) is 6.46. The molecule has 3 saturated heterocycles. The maximum atomic E-state index is 12.6. The first kappa shape index (κ1) is 13.4. The first-order valence-electron chi connectivity index (χ1n) is 8.02. The fourth-order valence-electron chi connectivity index (χ4n) is 3.96. The van der Waals surface area contributed by atoms with Gasteiger partial charge in [-0.25, -0.2) is 0 Å². The highest BCUT2D eigenvalue weighted by Crippen LogP contribution is 2.25. The molecule has 3 unspecified atom stereocenters. The lowest BCUT2D eigenvalue weighted by molar-refractivity contribution is -0.136. The Balaban J connectivity index is 1.56. The van der Waals surface area contributed by atoms with Crippen LogP contribution in [0.5, 0.6) is 0 Å². The minimum atomic E-state index is 0.214. The van der Waals surface area contributed by atoms with Crippen molar-refractivity contribution in [3.63, 3.8) is 0 Å². The van der Waals surface area contributed by atoms with Crippen molar-refractivity contribution in [1.82, 2.24) is 15.1 Å². The Hall–Kier alpha value is -0.610. The second-order valence-corrected chi connectivity index (χ2v) is 6.46. The van der Waals surface area contributed by atoms with Crippen LogP contribution in [0.4, 0.5) is 0 Å². The summed E-state index contributed by atoms with van der Waals surface area (Å²) in [4.78, 5) is 17.4. The molecule has 0 bridgehead atoms. The van der Waals surface area contributed by atoms with Crippen LogP contribution in [0.1, 0.15) is 39.0 Å². The molecule has 0 aromatic heterocycles. The van der Waals surface area contributed by atoms with Crippen LogP contribution in [0, 0.1) is 5.92 Å². The molecule has 1 amide bonds. The Morgan fingerprint density at radius 1 is 1.11 bits per heavy atom. The van der Waals surface area contributed by atoms with E-state index < -0.39 is 0 Å². The summed E-state index contributed by atoms with van der Waals surface area (Å²) in [5.41, 5.74) is 0. The molecule has 3 atom stereocenters. The van der Waals surface area contributed by atoms with Crippen molar-refractivity contribution in [2.75, 3.05) is 32.7 Å². The van der Waals surface area contributed by atoms with Gasteiger partial charge >= 0.3 is 0 Å². The molecule has 1 N–H and O–H groups in total. The van der Waals surface area contributed by atoms with Crippen LogP contribution in [0.25, 0.3) is 0 Å². The van der Waals surface area contributed by atoms with Gasteiger partial charge in [0.1, 0.15) is 0 Å². The highest BCUT2D eigenvalue weighted by molar-refractivity contribution is 5.80. The van der Waals surface area contributed by atoms with E-state index in [1.807, 2.05) is 0 Å². The number of nitrogens with zero attached hydrogens (tertiary/aromatic N) is 2. The third-order valence-electron chi connectivity index (χ3n) is 5.21. The van der Waals surface area contributed by atoms with E-state index >= 15 is 0 Å². The Morgan fingerprint density at radius 3 is 2.63 bits per heavy atom. The predicted octanol–water partition coefficient (Wildman–Crippen LogP) is 1.07. The number of hydrogen-bond acceptors (Lipinski definition) is 3. The van der Waals surface area contributed by atoms with Gasteiger partial charge in [-0.05, 0) is 58.7 Å². The minimum Gasteiger partial charge on any atom is -0.341 e. The second kappa shape index (κ2) is 5.80. The van der Waals surface area contributed by atoms with Gasteiger partial charge in [-0.15, -0.1) is 0 Å². The summed E-state index contributed by atoms with van der Waals surface area (Å²) in [6, 6.07) is 0.991. The van der Waals surface area contributed by atoms with Crippen LogP contribution in [0.3, 0.4) is 0 Å². The topological polar surface area (TPSA) is 35.6 Å². The number of rotatable bonds is 2. The van der Waals surface area contributed by atoms with Crippen molar-refractivity contribution in [2.24, 2.45) is 5.92 Å². The highest BCUT2D eigenvalue weighted by Gasteiger charge is 2.36. The summed E-state index contributed by atoms with van der Waals surface area (Å²) in [6.45, 7) is 7.67. The van der Waals surface area contributed by atoms with E-state index in [0.29, 0.717) is 18.0 Å².